The van der Waals surface area contributed by atoms with Gasteiger partial charge in [0.1, 0.15) is 0 Å². The first-order chi connectivity index (χ1) is 7.95. The molecule has 0 N–H and O–H groups in total. The maximum atomic E-state index is 3.99. The highest BCUT2D eigenvalue weighted by molar-refractivity contribution is 5.47. The quantitative estimate of drug-likeness (QED) is 0.738. The number of allylic oxidation sites excluding steroid dienone is 7. The van der Waals surface area contributed by atoms with Gasteiger partial charge >= 0.3 is 0 Å². The zero-order valence-electron chi connectivity index (χ0n) is 9.16. The molecule has 1 aromatic heterocycles. The van der Waals surface area contributed by atoms with Crippen LogP contribution < -0.4 is 0 Å². The molecule has 0 aliphatic heterocycles. The van der Waals surface area contributed by atoms with Gasteiger partial charge in [-0.25, -0.2) is 0 Å². The van der Waals surface area contributed by atoms with Crippen molar-refractivity contribution in [3.63, 3.8) is 0 Å². The van der Waals surface area contributed by atoms with Crippen LogP contribution in [0, 0.1) is 5.92 Å². The van der Waals surface area contributed by atoms with Crippen molar-refractivity contribution in [2.24, 2.45) is 5.92 Å². The predicted octanol–water partition coefficient (Wildman–Crippen LogP) is 3.78. The average molecular weight is 209 g/mol. The highest BCUT2D eigenvalue weighted by Crippen LogP contribution is 2.12. The summed E-state index contributed by atoms with van der Waals surface area (Å²) in [5.41, 5.74) is 1.20. The molecule has 0 amide bonds. The third-order valence-corrected chi connectivity index (χ3v) is 2.47. The third-order valence-electron chi connectivity index (χ3n) is 2.47. The Morgan fingerprint density at radius 1 is 1.00 bits per heavy atom. The molecular weight excluding hydrogens is 194 g/mol. The molecule has 1 aliphatic rings. The highest BCUT2D eigenvalue weighted by atomic mass is 14.6. The average Bonchev–Trinajstić information content (AvgIpc) is 2.59. The first kappa shape index (κ1) is 10.6. The maximum Gasteiger partial charge on any atom is 0.0273 e. The fraction of sp³-hybridized carbons (Fsp3) is 0.133. The molecule has 0 bridgehead atoms. The van der Waals surface area contributed by atoms with Crippen molar-refractivity contribution in [2.75, 3.05) is 0 Å². The minimum absolute atomic E-state index is 0.507. The van der Waals surface area contributed by atoms with Crippen LogP contribution in [0.5, 0.6) is 0 Å². The molecule has 0 radical (unpaired) electrons. The minimum Gasteiger partial charge on any atom is -0.265 e. The van der Waals surface area contributed by atoms with Crippen LogP contribution in [0.1, 0.15) is 12.0 Å². The van der Waals surface area contributed by atoms with Crippen molar-refractivity contribution >= 4 is 6.08 Å². The number of aromatic nitrogens is 1. The lowest BCUT2D eigenvalue weighted by molar-refractivity contribution is 0.836. The summed E-state index contributed by atoms with van der Waals surface area (Å²) in [7, 11) is 0. The summed E-state index contributed by atoms with van der Waals surface area (Å²) in [4.78, 5) is 3.99. The van der Waals surface area contributed by atoms with Crippen molar-refractivity contribution in [3.8, 4) is 0 Å². The first-order valence-electron chi connectivity index (χ1n) is 5.53. The van der Waals surface area contributed by atoms with Gasteiger partial charge in [-0.15, -0.1) is 0 Å². The number of pyridine rings is 1. The van der Waals surface area contributed by atoms with Gasteiger partial charge in [0.25, 0.3) is 0 Å². The Kier molecular flexibility index (Phi) is 3.89. The Bertz CT molecular complexity index is 408. The van der Waals surface area contributed by atoms with Crippen LogP contribution in [0.15, 0.2) is 67.1 Å². The molecule has 1 heteroatoms. The molecule has 0 unspecified atom stereocenters. The monoisotopic (exact) mass is 209 g/mol. The summed E-state index contributed by atoms with van der Waals surface area (Å²) < 4.78 is 0. The van der Waals surface area contributed by atoms with Crippen molar-refractivity contribution in [3.05, 3.63) is 72.6 Å². The summed E-state index contributed by atoms with van der Waals surface area (Å²) in [6.07, 6.45) is 21.8. The summed E-state index contributed by atoms with van der Waals surface area (Å²) in [6, 6.07) is 4.02. The molecule has 0 atom stereocenters. The van der Waals surface area contributed by atoms with Gasteiger partial charge in [0.2, 0.25) is 0 Å². The van der Waals surface area contributed by atoms with Crippen LogP contribution in [-0.2, 0) is 0 Å². The molecule has 1 nitrogen and oxygen atoms in total. The standard InChI is InChI=1S/C15H15N/c1-2-4-7-14(6-3-1)8-5-9-15-10-12-16-13-11-15/h1-7,9-14H,8H2. The lowest BCUT2D eigenvalue weighted by Crippen LogP contribution is -1.87. The van der Waals surface area contributed by atoms with Gasteiger partial charge in [0.05, 0.1) is 0 Å². The van der Waals surface area contributed by atoms with Gasteiger partial charge < -0.3 is 0 Å². The molecule has 0 aromatic carbocycles. The molecule has 1 aromatic rings. The van der Waals surface area contributed by atoms with Crippen molar-refractivity contribution < 1.29 is 0 Å². The van der Waals surface area contributed by atoms with Crippen LogP contribution in [0.2, 0.25) is 0 Å². The molecule has 0 fully saturated rings. The molecule has 16 heavy (non-hydrogen) atoms. The van der Waals surface area contributed by atoms with E-state index in [0.29, 0.717) is 5.92 Å². The van der Waals surface area contributed by atoms with E-state index in [1.807, 2.05) is 24.5 Å². The van der Waals surface area contributed by atoms with Gasteiger partial charge in [0.15, 0.2) is 0 Å². The van der Waals surface area contributed by atoms with E-state index in [9.17, 15) is 0 Å². The number of hydrogen-bond acceptors (Lipinski definition) is 1. The molecule has 1 heterocycles. The Morgan fingerprint density at radius 2 is 1.69 bits per heavy atom. The first-order valence-corrected chi connectivity index (χ1v) is 5.53. The molecule has 0 spiro atoms. The summed E-state index contributed by atoms with van der Waals surface area (Å²) >= 11 is 0. The SMILES string of the molecule is C1=CC=CC(CC=Cc2ccncc2)C=C1. The van der Waals surface area contributed by atoms with Crippen LogP contribution in [0.25, 0.3) is 6.08 Å². The Balaban J connectivity index is 1.90. The molecule has 0 saturated heterocycles. The van der Waals surface area contributed by atoms with Crippen LogP contribution in [0.3, 0.4) is 0 Å². The highest BCUT2D eigenvalue weighted by Gasteiger charge is 1.97. The normalized spacial score (nSPS) is 15.8. The van der Waals surface area contributed by atoms with E-state index < -0.39 is 0 Å². The molecule has 0 saturated carbocycles. The molecule has 2 rings (SSSR count). The number of nitrogens with zero attached hydrogens (tertiary/aromatic N) is 1. The third kappa shape index (κ3) is 3.35. The minimum atomic E-state index is 0.507. The van der Waals surface area contributed by atoms with Gasteiger partial charge in [0, 0.05) is 12.4 Å². The van der Waals surface area contributed by atoms with Crippen molar-refractivity contribution in [1.29, 1.82) is 0 Å². The predicted molar refractivity (Wildman–Crippen MR) is 68.8 cm³/mol. The van der Waals surface area contributed by atoms with Gasteiger partial charge in [-0.3, -0.25) is 4.98 Å². The van der Waals surface area contributed by atoms with Gasteiger partial charge in [-0.1, -0.05) is 48.6 Å². The topological polar surface area (TPSA) is 12.9 Å². The van der Waals surface area contributed by atoms with E-state index in [-0.39, 0.29) is 0 Å². The molecule has 1 aliphatic carbocycles. The fourth-order valence-corrected chi connectivity index (χ4v) is 1.60. The van der Waals surface area contributed by atoms with E-state index in [1.165, 1.54) is 5.56 Å². The number of rotatable bonds is 3. The second-order valence-electron chi connectivity index (χ2n) is 3.74. The molecular formula is C15H15N. The zero-order valence-corrected chi connectivity index (χ0v) is 9.16. The molecule has 80 valence electrons. The van der Waals surface area contributed by atoms with Gasteiger partial charge in [-0.2, -0.15) is 0 Å². The van der Waals surface area contributed by atoms with Gasteiger partial charge in [-0.05, 0) is 30.0 Å². The fourth-order valence-electron chi connectivity index (χ4n) is 1.60. The Labute approximate surface area is 96.5 Å². The van der Waals surface area contributed by atoms with E-state index in [1.54, 1.807) is 0 Å². The van der Waals surface area contributed by atoms with Crippen LogP contribution >= 0.6 is 0 Å². The second-order valence-corrected chi connectivity index (χ2v) is 3.74. The van der Waals surface area contributed by atoms with E-state index in [2.05, 4.69) is 53.6 Å². The Hall–Kier alpha value is -1.89. The van der Waals surface area contributed by atoms with E-state index in [0.717, 1.165) is 6.42 Å². The maximum absolute atomic E-state index is 3.99. The Morgan fingerprint density at radius 3 is 2.38 bits per heavy atom. The summed E-state index contributed by atoms with van der Waals surface area (Å²) in [6.45, 7) is 0. The van der Waals surface area contributed by atoms with Crippen LogP contribution in [0.4, 0.5) is 0 Å². The van der Waals surface area contributed by atoms with E-state index in [4.69, 9.17) is 0 Å². The summed E-state index contributed by atoms with van der Waals surface area (Å²) in [5, 5.41) is 0. The van der Waals surface area contributed by atoms with Crippen LogP contribution in [-0.4, -0.2) is 4.98 Å². The second kappa shape index (κ2) is 5.86. The lowest BCUT2D eigenvalue weighted by Gasteiger charge is -2.01. The van der Waals surface area contributed by atoms with Crippen molar-refractivity contribution in [2.45, 2.75) is 6.42 Å². The largest absolute Gasteiger partial charge is 0.265 e. The zero-order chi connectivity index (χ0) is 11.1. The van der Waals surface area contributed by atoms with Crippen molar-refractivity contribution in [1.82, 2.24) is 4.98 Å². The van der Waals surface area contributed by atoms with E-state index >= 15 is 0 Å². The lowest BCUT2D eigenvalue weighted by atomic mass is 10.0. The summed E-state index contributed by atoms with van der Waals surface area (Å²) in [5.74, 6) is 0.507. The smallest absolute Gasteiger partial charge is 0.0273 e. The number of hydrogen-bond donors (Lipinski definition) is 0.